The number of hydrogen-bond donors (Lipinski definition) is 7. The molecule has 0 aliphatic carbocycles. The summed E-state index contributed by atoms with van der Waals surface area (Å²) in [5, 5.41) is 10.9. The van der Waals surface area contributed by atoms with Crippen molar-refractivity contribution >= 4 is 52.2 Å². The lowest BCUT2D eigenvalue weighted by molar-refractivity contribution is -0.0728. The van der Waals surface area contributed by atoms with Gasteiger partial charge < -0.3 is 35.2 Å². The molecular weight excluding hydrogens is 575 g/mol. The van der Waals surface area contributed by atoms with Crippen molar-refractivity contribution in [3.63, 3.8) is 0 Å². The van der Waals surface area contributed by atoms with Crippen LogP contribution in [0.1, 0.15) is 20.1 Å². The van der Waals surface area contributed by atoms with E-state index < -0.39 is 58.4 Å². The third-order valence-electron chi connectivity index (χ3n) is 4.58. The van der Waals surface area contributed by atoms with Gasteiger partial charge in [0.2, 0.25) is 5.95 Å². The van der Waals surface area contributed by atoms with Crippen molar-refractivity contribution in [2.24, 2.45) is 0 Å². The number of nitrogens with one attached hydrogen (secondary N) is 1. The minimum Gasteiger partial charge on any atom is -0.387 e. The molecule has 200 valence electrons. The molecule has 8 N–H and O–H groups in total. The Kier molecular flexibility index (Phi) is 7.94. The highest BCUT2D eigenvalue weighted by molar-refractivity contribution is 7.66. The van der Waals surface area contributed by atoms with Gasteiger partial charge in [0.15, 0.2) is 22.3 Å². The lowest BCUT2D eigenvalue weighted by Crippen LogP contribution is -2.43. The molecule has 0 bridgehead atoms. The number of aliphatic hydroxyl groups is 1. The molecule has 0 spiro atoms. The van der Waals surface area contributed by atoms with Gasteiger partial charge >= 0.3 is 23.5 Å². The molecule has 22 heteroatoms. The van der Waals surface area contributed by atoms with Crippen LogP contribution < -0.4 is 11.3 Å². The number of aromatic amines is 1. The van der Waals surface area contributed by atoms with E-state index in [1.54, 1.807) is 0 Å². The first-order chi connectivity index (χ1) is 16.4. The molecule has 0 saturated carbocycles. The molecule has 0 radical (unpaired) electrons. The SMILES string of the molecule is CC#CC1(Cl)[C@@H](O)[C@@H]([C@@H](C)OP(=O)(O)OP(=O)(O)OP(=O)(O)O)O[C@H]1n1cnc2c(=O)[nH]c(N)nc21. The maximum absolute atomic E-state index is 12.2. The van der Waals surface area contributed by atoms with E-state index in [0.717, 1.165) is 17.8 Å². The van der Waals surface area contributed by atoms with Crippen LogP contribution in [-0.2, 0) is 31.6 Å². The number of halogens is 1. The number of imidazole rings is 1. The molecule has 36 heavy (non-hydrogen) atoms. The van der Waals surface area contributed by atoms with Crippen molar-refractivity contribution in [1.29, 1.82) is 0 Å². The second-order valence-electron chi connectivity index (χ2n) is 7.22. The Balaban J connectivity index is 1.92. The summed E-state index contributed by atoms with van der Waals surface area (Å²) in [4.78, 5) is 56.6. The van der Waals surface area contributed by atoms with Crippen LogP contribution in [0.25, 0.3) is 11.2 Å². The molecule has 3 unspecified atom stereocenters. The first-order valence-corrected chi connectivity index (χ1v) is 14.3. The normalized spacial score (nSPS) is 28.7. The summed E-state index contributed by atoms with van der Waals surface area (Å²) in [6.45, 7) is 2.47. The number of phosphoric acid groups is 3. The summed E-state index contributed by atoms with van der Waals surface area (Å²) in [6.07, 6.45) is -5.31. The number of alkyl halides is 1. The topological polar surface area (TPSA) is 279 Å². The number of aliphatic hydroxyl groups excluding tert-OH is 1. The number of nitrogens with zero attached hydrogens (tertiary/aromatic N) is 3. The number of hydrogen-bond acceptors (Lipinski definition) is 12. The van der Waals surface area contributed by atoms with Gasteiger partial charge in [0, 0.05) is 0 Å². The average molecular weight is 594 g/mol. The fraction of sp³-hybridized carbons (Fsp3) is 0.500. The zero-order chi connectivity index (χ0) is 27.3. The van der Waals surface area contributed by atoms with E-state index in [9.17, 15) is 33.4 Å². The highest BCUT2D eigenvalue weighted by Crippen LogP contribution is 2.66. The molecular formula is C14H19ClN5O13P3. The van der Waals surface area contributed by atoms with Gasteiger partial charge in [-0.05, 0) is 13.8 Å². The Bertz CT molecular complexity index is 1430. The summed E-state index contributed by atoms with van der Waals surface area (Å²) in [5.74, 6) is 4.79. The predicted octanol–water partition coefficient (Wildman–Crippen LogP) is -0.307. The van der Waals surface area contributed by atoms with E-state index in [-0.39, 0.29) is 17.1 Å². The van der Waals surface area contributed by atoms with Crippen molar-refractivity contribution < 1.29 is 56.3 Å². The Morgan fingerprint density at radius 2 is 1.92 bits per heavy atom. The smallest absolute Gasteiger partial charge is 0.387 e. The fourth-order valence-electron chi connectivity index (χ4n) is 3.35. The maximum Gasteiger partial charge on any atom is 0.490 e. The summed E-state index contributed by atoms with van der Waals surface area (Å²) < 4.78 is 53.5. The predicted molar refractivity (Wildman–Crippen MR) is 119 cm³/mol. The minimum absolute atomic E-state index is 0.0995. The number of rotatable bonds is 8. The van der Waals surface area contributed by atoms with Crippen LogP contribution in [0.15, 0.2) is 11.1 Å². The average Bonchev–Trinajstić information content (AvgIpc) is 3.18. The van der Waals surface area contributed by atoms with E-state index >= 15 is 0 Å². The summed E-state index contributed by atoms with van der Waals surface area (Å²) >= 11 is 6.60. The van der Waals surface area contributed by atoms with Gasteiger partial charge in [-0.25, -0.2) is 18.7 Å². The van der Waals surface area contributed by atoms with Gasteiger partial charge in [-0.3, -0.25) is 18.9 Å². The summed E-state index contributed by atoms with van der Waals surface area (Å²) in [7, 11) is -16.9. The van der Waals surface area contributed by atoms with Crippen molar-refractivity contribution in [3.8, 4) is 11.8 Å². The van der Waals surface area contributed by atoms with Crippen molar-refractivity contribution in [2.45, 2.75) is 43.3 Å². The van der Waals surface area contributed by atoms with E-state index in [1.807, 2.05) is 0 Å². The van der Waals surface area contributed by atoms with Gasteiger partial charge in [-0.15, -0.1) is 5.92 Å². The highest BCUT2D eigenvalue weighted by atomic mass is 35.5. The van der Waals surface area contributed by atoms with Crippen LogP contribution in [0, 0.1) is 11.8 Å². The Hall–Kier alpha value is -1.67. The van der Waals surface area contributed by atoms with Crippen LogP contribution in [0.4, 0.5) is 5.95 Å². The van der Waals surface area contributed by atoms with Gasteiger partial charge in [-0.1, -0.05) is 17.5 Å². The molecule has 2 aromatic heterocycles. The molecule has 1 saturated heterocycles. The number of nitrogens with two attached hydrogens (primary N) is 1. The number of H-pyrrole nitrogens is 1. The Labute approximate surface area is 205 Å². The van der Waals surface area contributed by atoms with Crippen molar-refractivity contribution in [2.75, 3.05) is 5.73 Å². The molecule has 0 aromatic carbocycles. The first-order valence-electron chi connectivity index (χ1n) is 9.40. The number of aromatic nitrogens is 4. The van der Waals surface area contributed by atoms with E-state index in [4.69, 9.17) is 36.4 Å². The minimum atomic E-state index is -5.78. The number of anilines is 1. The van der Waals surface area contributed by atoms with Crippen LogP contribution in [0.3, 0.4) is 0 Å². The second-order valence-corrected chi connectivity index (χ2v) is 12.2. The third kappa shape index (κ3) is 6.07. The molecule has 1 aliphatic heterocycles. The zero-order valence-corrected chi connectivity index (χ0v) is 21.5. The zero-order valence-electron chi connectivity index (χ0n) is 18.0. The van der Waals surface area contributed by atoms with E-state index in [2.05, 4.69) is 35.4 Å². The highest BCUT2D eigenvalue weighted by Gasteiger charge is 2.58. The van der Waals surface area contributed by atoms with E-state index in [1.165, 1.54) is 6.92 Å². The lowest BCUT2D eigenvalue weighted by atomic mass is 9.96. The quantitative estimate of drug-likeness (QED) is 0.117. The number of ether oxygens (including phenoxy) is 1. The molecule has 2 aromatic rings. The summed E-state index contributed by atoms with van der Waals surface area (Å²) in [6, 6.07) is 0. The Morgan fingerprint density at radius 3 is 2.50 bits per heavy atom. The lowest BCUT2D eigenvalue weighted by Gasteiger charge is -2.26. The monoisotopic (exact) mass is 593 g/mol. The molecule has 1 aliphatic rings. The maximum atomic E-state index is 12.2. The number of nitrogen functional groups attached to an aromatic ring is 1. The van der Waals surface area contributed by atoms with Gasteiger partial charge in [0.25, 0.3) is 5.56 Å². The molecule has 7 atom stereocenters. The molecule has 18 nitrogen and oxygen atoms in total. The molecule has 3 rings (SSSR count). The number of phosphoric ester groups is 1. The first kappa shape index (κ1) is 28.9. The largest absolute Gasteiger partial charge is 0.490 e. The Morgan fingerprint density at radius 1 is 1.28 bits per heavy atom. The van der Waals surface area contributed by atoms with Crippen LogP contribution in [-0.4, -0.2) is 67.4 Å². The molecule has 0 amide bonds. The number of fused-ring (bicyclic) bond motifs is 1. The van der Waals surface area contributed by atoms with Crippen LogP contribution >= 0.6 is 35.1 Å². The van der Waals surface area contributed by atoms with Gasteiger partial charge in [0.1, 0.15) is 12.2 Å². The molecule has 3 heterocycles. The van der Waals surface area contributed by atoms with Crippen LogP contribution in [0.5, 0.6) is 0 Å². The molecule has 1 fully saturated rings. The third-order valence-corrected chi connectivity index (χ3v) is 9.02. The standard InChI is InChI=1S/C14H19ClN5O13P3/c1-3-4-14(15)9(21)8(6(2)31-35(26,27)33-36(28,29)32-34(23,24)25)30-12(14)20-5-17-7-10(20)18-13(16)19-11(7)22/h5-6,8-9,12,21H,1-2H3,(H,26,27)(H,28,29)(H2,23,24,25)(H3,16,18,19,22)/t6-,8-,9+,12-,14?/m1/s1. The van der Waals surface area contributed by atoms with Crippen molar-refractivity contribution in [1.82, 2.24) is 19.5 Å². The summed E-state index contributed by atoms with van der Waals surface area (Å²) in [5.41, 5.74) is 4.64. The fourth-order valence-corrected chi connectivity index (χ4v) is 6.93. The van der Waals surface area contributed by atoms with Crippen LogP contribution in [0.2, 0.25) is 0 Å². The van der Waals surface area contributed by atoms with E-state index in [0.29, 0.717) is 0 Å². The van der Waals surface area contributed by atoms with Gasteiger partial charge in [-0.2, -0.15) is 13.6 Å². The van der Waals surface area contributed by atoms with Gasteiger partial charge in [0.05, 0.1) is 12.4 Å². The van der Waals surface area contributed by atoms with Crippen molar-refractivity contribution in [3.05, 3.63) is 16.7 Å². The second kappa shape index (κ2) is 9.90.